The second-order valence-electron chi connectivity index (χ2n) is 3.98. The second kappa shape index (κ2) is 7.78. The predicted molar refractivity (Wildman–Crippen MR) is 71.6 cm³/mol. The summed E-state index contributed by atoms with van der Waals surface area (Å²) in [6.07, 6.45) is 0.0762. The number of amides is 3. The minimum atomic E-state index is -0.972. The Morgan fingerprint density at radius 2 is 1.80 bits per heavy atom. The number of aliphatic carboxylic acids is 1. The number of carbonyl (C=O) groups is 3. The average molecular weight is 280 g/mol. The maximum atomic E-state index is 11.5. The van der Waals surface area contributed by atoms with Crippen LogP contribution < -0.4 is 15.4 Å². The zero-order valence-electron chi connectivity index (χ0n) is 11.0. The summed E-state index contributed by atoms with van der Waals surface area (Å²) < 4.78 is 4.97. The first-order valence-corrected chi connectivity index (χ1v) is 5.98. The molecular weight excluding hydrogens is 264 g/mol. The van der Waals surface area contributed by atoms with E-state index in [1.54, 1.807) is 24.3 Å². The van der Waals surface area contributed by atoms with E-state index in [0.717, 1.165) is 0 Å². The Hall–Kier alpha value is -2.57. The average Bonchev–Trinajstić information content (AvgIpc) is 2.38. The van der Waals surface area contributed by atoms with Crippen LogP contribution in [0.3, 0.4) is 0 Å². The number of ether oxygens (including phenoxy) is 1. The van der Waals surface area contributed by atoms with Crippen molar-refractivity contribution >= 4 is 23.6 Å². The van der Waals surface area contributed by atoms with E-state index in [9.17, 15) is 14.4 Å². The van der Waals surface area contributed by atoms with Crippen molar-refractivity contribution in [1.29, 1.82) is 0 Å². The molecule has 0 fully saturated rings. The molecule has 0 aliphatic heterocycles. The predicted octanol–water partition coefficient (Wildman–Crippen LogP) is 1.60. The first-order chi connectivity index (χ1) is 9.51. The third kappa shape index (κ3) is 5.85. The molecule has 0 saturated carbocycles. The quantitative estimate of drug-likeness (QED) is 0.734. The molecule has 1 rings (SSSR count). The van der Waals surface area contributed by atoms with Crippen molar-refractivity contribution in [3.63, 3.8) is 0 Å². The van der Waals surface area contributed by atoms with E-state index in [2.05, 4.69) is 10.6 Å². The largest absolute Gasteiger partial charge is 0.497 e. The van der Waals surface area contributed by atoms with E-state index in [-0.39, 0.29) is 19.3 Å². The van der Waals surface area contributed by atoms with Gasteiger partial charge in [-0.2, -0.15) is 0 Å². The highest BCUT2D eigenvalue weighted by molar-refractivity contribution is 6.01. The van der Waals surface area contributed by atoms with Gasteiger partial charge in [0, 0.05) is 18.5 Å². The maximum absolute atomic E-state index is 11.5. The lowest BCUT2D eigenvalue weighted by molar-refractivity contribution is -0.137. The lowest BCUT2D eigenvalue weighted by Crippen LogP contribution is -2.34. The van der Waals surface area contributed by atoms with Gasteiger partial charge in [0.05, 0.1) is 7.11 Å². The van der Waals surface area contributed by atoms with Crippen molar-refractivity contribution in [3.05, 3.63) is 24.3 Å². The molecule has 3 amide bonds. The first kappa shape index (κ1) is 15.5. The minimum absolute atomic E-state index is 0.0116. The van der Waals surface area contributed by atoms with E-state index in [1.807, 2.05) is 0 Å². The summed E-state index contributed by atoms with van der Waals surface area (Å²) in [5, 5.41) is 13.0. The number of carbonyl (C=O) groups excluding carboxylic acids is 2. The number of hydrogen-bond donors (Lipinski definition) is 3. The molecule has 108 valence electrons. The number of hydrogen-bond acceptors (Lipinski definition) is 4. The summed E-state index contributed by atoms with van der Waals surface area (Å²) in [6.45, 7) is 0. The number of rotatable bonds is 6. The van der Waals surface area contributed by atoms with E-state index in [1.165, 1.54) is 7.11 Å². The van der Waals surface area contributed by atoms with Crippen molar-refractivity contribution < 1.29 is 24.2 Å². The monoisotopic (exact) mass is 280 g/mol. The van der Waals surface area contributed by atoms with Crippen molar-refractivity contribution in [2.45, 2.75) is 19.3 Å². The molecule has 7 heteroatoms. The van der Waals surface area contributed by atoms with Gasteiger partial charge in [-0.05, 0) is 30.7 Å². The van der Waals surface area contributed by atoms with Gasteiger partial charge in [0.2, 0.25) is 5.91 Å². The molecule has 0 heterocycles. The van der Waals surface area contributed by atoms with Crippen molar-refractivity contribution in [2.24, 2.45) is 0 Å². The molecule has 1 aromatic rings. The van der Waals surface area contributed by atoms with E-state index in [0.29, 0.717) is 11.4 Å². The summed E-state index contributed by atoms with van der Waals surface area (Å²) in [4.78, 5) is 33.1. The Bertz CT molecular complexity index is 484. The first-order valence-electron chi connectivity index (χ1n) is 5.98. The molecule has 0 atom stereocenters. The third-order valence-electron chi connectivity index (χ3n) is 2.40. The third-order valence-corrected chi connectivity index (χ3v) is 2.40. The van der Waals surface area contributed by atoms with Crippen molar-refractivity contribution in [2.75, 3.05) is 12.4 Å². The zero-order valence-corrected chi connectivity index (χ0v) is 11.0. The van der Waals surface area contributed by atoms with Gasteiger partial charge in [0.1, 0.15) is 5.75 Å². The number of anilines is 1. The molecule has 20 heavy (non-hydrogen) atoms. The number of nitrogens with one attached hydrogen (secondary N) is 2. The molecule has 0 aliphatic rings. The van der Waals surface area contributed by atoms with Crippen LogP contribution in [0.1, 0.15) is 19.3 Å². The van der Waals surface area contributed by atoms with Crippen LogP contribution in [0.25, 0.3) is 0 Å². The van der Waals surface area contributed by atoms with Crippen LogP contribution in [-0.4, -0.2) is 30.1 Å². The fraction of sp³-hybridized carbons (Fsp3) is 0.308. The number of carboxylic acids is 1. The van der Waals surface area contributed by atoms with Crippen LogP contribution in [-0.2, 0) is 9.59 Å². The van der Waals surface area contributed by atoms with Gasteiger partial charge in [-0.1, -0.05) is 0 Å². The summed E-state index contributed by atoms with van der Waals surface area (Å²) >= 11 is 0. The fourth-order valence-electron chi connectivity index (χ4n) is 1.43. The van der Waals surface area contributed by atoms with E-state index < -0.39 is 17.9 Å². The van der Waals surface area contributed by atoms with Gasteiger partial charge in [-0.25, -0.2) is 4.79 Å². The van der Waals surface area contributed by atoms with Crippen molar-refractivity contribution in [1.82, 2.24) is 5.32 Å². The minimum Gasteiger partial charge on any atom is -0.497 e. The molecule has 0 bridgehead atoms. The van der Waals surface area contributed by atoms with Crippen LogP contribution in [0.15, 0.2) is 24.3 Å². The van der Waals surface area contributed by atoms with E-state index in [4.69, 9.17) is 9.84 Å². The summed E-state index contributed by atoms with van der Waals surface area (Å²) in [5.41, 5.74) is 0.515. The van der Waals surface area contributed by atoms with Crippen molar-refractivity contribution in [3.8, 4) is 5.75 Å². The van der Waals surface area contributed by atoms with Crippen LogP contribution in [0.4, 0.5) is 10.5 Å². The second-order valence-corrected chi connectivity index (χ2v) is 3.98. The number of imide groups is 1. The van der Waals surface area contributed by atoms with Crippen LogP contribution >= 0.6 is 0 Å². The Morgan fingerprint density at radius 1 is 1.15 bits per heavy atom. The van der Waals surface area contributed by atoms with Crippen LogP contribution in [0.5, 0.6) is 5.75 Å². The normalized spacial score (nSPS) is 9.65. The molecule has 1 aromatic carbocycles. The van der Waals surface area contributed by atoms with Crippen LogP contribution in [0.2, 0.25) is 0 Å². The summed E-state index contributed by atoms with van der Waals surface area (Å²) in [6, 6.07) is 5.95. The molecule has 0 radical (unpaired) electrons. The molecule has 0 unspecified atom stereocenters. The summed E-state index contributed by atoms with van der Waals surface area (Å²) in [5.74, 6) is -0.835. The van der Waals surface area contributed by atoms with Gasteiger partial charge in [-0.3, -0.25) is 14.9 Å². The summed E-state index contributed by atoms with van der Waals surface area (Å²) in [7, 11) is 1.53. The number of carboxylic acid groups (broad SMARTS) is 1. The molecule has 7 nitrogen and oxygen atoms in total. The Kier molecular flexibility index (Phi) is 6.02. The van der Waals surface area contributed by atoms with Crippen LogP contribution in [0, 0.1) is 0 Å². The molecule has 0 aromatic heterocycles. The highest BCUT2D eigenvalue weighted by Crippen LogP contribution is 2.14. The number of urea groups is 1. The lowest BCUT2D eigenvalue weighted by Gasteiger charge is -2.07. The smallest absolute Gasteiger partial charge is 0.325 e. The zero-order chi connectivity index (χ0) is 15.0. The van der Waals surface area contributed by atoms with Gasteiger partial charge in [0.25, 0.3) is 0 Å². The van der Waals surface area contributed by atoms with Gasteiger partial charge in [0.15, 0.2) is 0 Å². The van der Waals surface area contributed by atoms with Gasteiger partial charge < -0.3 is 15.2 Å². The molecule has 0 saturated heterocycles. The van der Waals surface area contributed by atoms with E-state index >= 15 is 0 Å². The number of benzene rings is 1. The molecule has 0 spiro atoms. The molecule has 0 aliphatic carbocycles. The Balaban J connectivity index is 2.34. The van der Waals surface area contributed by atoms with Gasteiger partial charge >= 0.3 is 12.0 Å². The van der Waals surface area contributed by atoms with Gasteiger partial charge in [-0.15, -0.1) is 0 Å². The Labute approximate surface area is 115 Å². The molecular formula is C13H16N2O5. The number of methoxy groups -OCH3 is 1. The maximum Gasteiger partial charge on any atom is 0.325 e. The SMILES string of the molecule is COc1ccc(NC(=O)NC(=O)CCCC(=O)O)cc1. The lowest BCUT2D eigenvalue weighted by atomic mass is 10.2. The Morgan fingerprint density at radius 3 is 2.35 bits per heavy atom. The topological polar surface area (TPSA) is 105 Å². The highest BCUT2D eigenvalue weighted by atomic mass is 16.5. The fourth-order valence-corrected chi connectivity index (χ4v) is 1.43. The standard InChI is InChI=1S/C13H16N2O5/c1-20-10-7-5-9(6-8-10)14-13(19)15-11(16)3-2-4-12(17)18/h5-8H,2-4H2,1H3,(H,17,18)(H2,14,15,16,19). The molecule has 3 N–H and O–H groups in total. The highest BCUT2D eigenvalue weighted by Gasteiger charge is 2.08.